The zero-order chi connectivity index (χ0) is 15.1. The molecule has 0 aliphatic heterocycles. The van der Waals surface area contributed by atoms with Gasteiger partial charge in [-0.1, -0.05) is 23.2 Å². The van der Waals surface area contributed by atoms with Crippen LogP contribution in [0.4, 0.5) is 13.2 Å². The summed E-state index contributed by atoms with van der Waals surface area (Å²) >= 11 is 11.6. The quantitative estimate of drug-likeness (QED) is 0.801. The van der Waals surface area contributed by atoms with Crippen LogP contribution < -0.4 is 5.56 Å². The molecule has 1 aromatic carbocycles. The van der Waals surface area contributed by atoms with Gasteiger partial charge in [0.2, 0.25) is 0 Å². The maximum absolute atomic E-state index is 12.7. The zero-order valence-electron chi connectivity index (χ0n) is 10.0. The van der Waals surface area contributed by atoms with Gasteiger partial charge in [0.1, 0.15) is 11.4 Å². The monoisotopic (exact) mass is 322 g/mol. The molecule has 2 rings (SSSR count). The molecule has 1 aromatic heterocycles. The third-order valence-electron chi connectivity index (χ3n) is 2.66. The van der Waals surface area contributed by atoms with Crippen LogP contribution in [0.5, 0.6) is 0 Å². The molecule has 106 valence electrons. The van der Waals surface area contributed by atoms with Crippen LogP contribution in [0.25, 0.3) is 11.3 Å². The van der Waals surface area contributed by atoms with Gasteiger partial charge in [-0.3, -0.25) is 4.79 Å². The Bertz CT molecular complexity index is 726. The molecule has 0 unspecified atom stereocenters. The maximum atomic E-state index is 12.7. The lowest BCUT2D eigenvalue weighted by Crippen LogP contribution is -2.27. The Morgan fingerprint density at radius 2 is 1.90 bits per heavy atom. The van der Waals surface area contributed by atoms with Gasteiger partial charge < -0.3 is 4.57 Å². The highest BCUT2D eigenvalue weighted by atomic mass is 35.5. The van der Waals surface area contributed by atoms with Gasteiger partial charge in [-0.2, -0.15) is 13.2 Å². The summed E-state index contributed by atoms with van der Waals surface area (Å²) in [5, 5.41) is 0.490. The summed E-state index contributed by atoms with van der Waals surface area (Å²) in [5.41, 5.74) is -1.95. The predicted molar refractivity (Wildman–Crippen MR) is 69.9 cm³/mol. The Hall–Kier alpha value is -1.53. The second kappa shape index (κ2) is 5.10. The van der Waals surface area contributed by atoms with Gasteiger partial charge in [0.15, 0.2) is 0 Å². The maximum Gasteiger partial charge on any atom is 0.433 e. The van der Waals surface area contributed by atoms with Gasteiger partial charge in [-0.05, 0) is 18.2 Å². The average molecular weight is 323 g/mol. The standard InChI is InChI=1S/C12H7Cl2F3N2O/c1-19-9(12(15,16)17)5-18-10(11(19)20)7-3-2-6(13)4-8(7)14/h2-5H,1H3. The number of rotatable bonds is 1. The largest absolute Gasteiger partial charge is 0.433 e. The lowest BCUT2D eigenvalue weighted by Gasteiger charge is -2.12. The summed E-state index contributed by atoms with van der Waals surface area (Å²) in [7, 11) is 1.03. The topological polar surface area (TPSA) is 34.9 Å². The van der Waals surface area contributed by atoms with Gasteiger partial charge in [-0.15, -0.1) is 0 Å². The molecule has 0 N–H and O–H groups in total. The van der Waals surface area contributed by atoms with Gasteiger partial charge in [-0.25, -0.2) is 4.98 Å². The summed E-state index contributed by atoms with van der Waals surface area (Å²) in [6, 6.07) is 4.29. The van der Waals surface area contributed by atoms with E-state index < -0.39 is 17.4 Å². The minimum absolute atomic E-state index is 0.141. The molecule has 0 aliphatic carbocycles. The van der Waals surface area contributed by atoms with Crippen molar-refractivity contribution in [3.63, 3.8) is 0 Å². The second-order valence-corrected chi connectivity index (χ2v) is 4.82. The Morgan fingerprint density at radius 3 is 2.45 bits per heavy atom. The molecule has 0 aliphatic rings. The van der Waals surface area contributed by atoms with E-state index >= 15 is 0 Å². The molecule has 0 bridgehead atoms. The number of nitrogens with zero attached hydrogens (tertiary/aromatic N) is 2. The minimum Gasteiger partial charge on any atom is -0.304 e. The first kappa shape index (κ1) is 14.9. The second-order valence-electron chi connectivity index (χ2n) is 3.98. The molecule has 2 aromatic rings. The first-order chi connectivity index (χ1) is 9.21. The fraction of sp³-hybridized carbons (Fsp3) is 0.167. The fourth-order valence-corrected chi connectivity index (χ4v) is 2.16. The Balaban J connectivity index is 2.66. The molecule has 1 heterocycles. The normalized spacial score (nSPS) is 11.7. The van der Waals surface area contributed by atoms with Crippen LogP contribution in [0.15, 0.2) is 29.2 Å². The van der Waals surface area contributed by atoms with Crippen LogP contribution in [0.1, 0.15) is 5.69 Å². The molecule has 8 heteroatoms. The first-order valence-electron chi connectivity index (χ1n) is 5.30. The van der Waals surface area contributed by atoms with E-state index in [0.717, 1.165) is 7.05 Å². The molecule has 0 spiro atoms. The van der Waals surface area contributed by atoms with Crippen molar-refractivity contribution in [2.45, 2.75) is 6.18 Å². The number of hydrogen-bond acceptors (Lipinski definition) is 2. The smallest absolute Gasteiger partial charge is 0.304 e. The van der Waals surface area contributed by atoms with E-state index in [1.54, 1.807) is 0 Å². The molecule has 20 heavy (non-hydrogen) atoms. The molecule has 3 nitrogen and oxygen atoms in total. The van der Waals surface area contributed by atoms with Crippen molar-refractivity contribution in [3.05, 3.63) is 50.5 Å². The van der Waals surface area contributed by atoms with Crippen molar-refractivity contribution in [2.75, 3.05) is 0 Å². The predicted octanol–water partition coefficient (Wildman–Crippen LogP) is 3.77. The van der Waals surface area contributed by atoms with Gasteiger partial charge >= 0.3 is 6.18 Å². The van der Waals surface area contributed by atoms with Gasteiger partial charge in [0.25, 0.3) is 5.56 Å². The molecule has 0 amide bonds. The van der Waals surface area contributed by atoms with E-state index in [-0.39, 0.29) is 16.3 Å². The molecular formula is C12H7Cl2F3N2O. The van der Waals surface area contributed by atoms with Crippen molar-refractivity contribution >= 4 is 23.2 Å². The Labute approximate surface area is 121 Å². The summed E-state index contributed by atoms with van der Waals surface area (Å²) in [5.74, 6) is 0. The molecular weight excluding hydrogens is 316 g/mol. The number of aromatic nitrogens is 2. The number of alkyl halides is 3. The van der Waals surface area contributed by atoms with Crippen LogP contribution in [-0.2, 0) is 13.2 Å². The third-order valence-corrected chi connectivity index (χ3v) is 3.21. The van der Waals surface area contributed by atoms with E-state index in [0.29, 0.717) is 15.8 Å². The SMILES string of the molecule is Cn1c(C(F)(F)F)cnc(-c2ccc(Cl)cc2Cl)c1=O. The van der Waals surface area contributed by atoms with Crippen LogP contribution >= 0.6 is 23.2 Å². The molecule has 0 saturated heterocycles. The van der Waals surface area contributed by atoms with E-state index in [4.69, 9.17) is 23.2 Å². The minimum atomic E-state index is -4.65. The fourth-order valence-electron chi connectivity index (χ4n) is 1.67. The summed E-state index contributed by atoms with van der Waals surface area (Å²) in [6.45, 7) is 0. The van der Waals surface area contributed by atoms with Crippen molar-refractivity contribution in [1.29, 1.82) is 0 Å². The third kappa shape index (κ3) is 2.66. The molecule has 0 radical (unpaired) electrons. The zero-order valence-corrected chi connectivity index (χ0v) is 11.5. The number of halogens is 5. The molecule has 0 atom stereocenters. The summed E-state index contributed by atoms with van der Waals surface area (Å²) < 4.78 is 38.4. The average Bonchev–Trinajstić information content (AvgIpc) is 2.32. The Kier molecular flexibility index (Phi) is 3.80. The van der Waals surface area contributed by atoms with Crippen LogP contribution in [0.2, 0.25) is 10.0 Å². The summed E-state index contributed by atoms with van der Waals surface area (Å²) in [6.07, 6.45) is -4.05. The van der Waals surface area contributed by atoms with Crippen molar-refractivity contribution in [1.82, 2.24) is 9.55 Å². The van der Waals surface area contributed by atoms with Crippen molar-refractivity contribution in [3.8, 4) is 11.3 Å². The number of benzene rings is 1. The highest BCUT2D eigenvalue weighted by molar-refractivity contribution is 6.36. The van der Waals surface area contributed by atoms with E-state index in [2.05, 4.69) is 4.98 Å². The van der Waals surface area contributed by atoms with E-state index in [1.165, 1.54) is 18.2 Å². The highest BCUT2D eigenvalue weighted by Crippen LogP contribution is 2.30. The van der Waals surface area contributed by atoms with Gasteiger partial charge in [0.05, 0.1) is 11.2 Å². The highest BCUT2D eigenvalue weighted by Gasteiger charge is 2.34. The van der Waals surface area contributed by atoms with Crippen LogP contribution in [0.3, 0.4) is 0 Å². The molecule has 0 saturated carbocycles. The molecule has 0 fully saturated rings. The van der Waals surface area contributed by atoms with Crippen molar-refractivity contribution < 1.29 is 13.2 Å². The Morgan fingerprint density at radius 1 is 1.25 bits per heavy atom. The van der Waals surface area contributed by atoms with Crippen LogP contribution in [-0.4, -0.2) is 9.55 Å². The summed E-state index contributed by atoms with van der Waals surface area (Å²) in [4.78, 5) is 15.6. The van der Waals surface area contributed by atoms with Crippen molar-refractivity contribution in [2.24, 2.45) is 7.05 Å². The van der Waals surface area contributed by atoms with Crippen LogP contribution in [0, 0.1) is 0 Å². The lowest BCUT2D eigenvalue weighted by atomic mass is 10.1. The number of hydrogen-bond donors (Lipinski definition) is 0. The van der Waals surface area contributed by atoms with Gasteiger partial charge in [0, 0.05) is 17.6 Å². The first-order valence-corrected chi connectivity index (χ1v) is 6.06. The van der Waals surface area contributed by atoms with E-state index in [1.807, 2.05) is 0 Å². The lowest BCUT2D eigenvalue weighted by molar-refractivity contribution is -0.144. The van der Waals surface area contributed by atoms with E-state index in [9.17, 15) is 18.0 Å².